The van der Waals surface area contributed by atoms with Gasteiger partial charge in [0, 0.05) is 17.9 Å². The number of anilines is 4. The zero-order chi connectivity index (χ0) is 24.3. The highest BCUT2D eigenvalue weighted by atomic mass is 32.2. The Labute approximate surface area is 191 Å². The molecule has 34 heavy (non-hydrogen) atoms. The van der Waals surface area contributed by atoms with Gasteiger partial charge in [0.25, 0.3) is 0 Å². The van der Waals surface area contributed by atoms with E-state index in [0.29, 0.717) is 28.2 Å². The molecule has 4 aromatic rings. The summed E-state index contributed by atoms with van der Waals surface area (Å²) in [6.45, 7) is -0.426. The summed E-state index contributed by atoms with van der Waals surface area (Å²) >= 11 is 0. The van der Waals surface area contributed by atoms with Crippen molar-refractivity contribution >= 4 is 44.2 Å². The van der Waals surface area contributed by atoms with Gasteiger partial charge in [-0.3, -0.25) is 5.10 Å². The lowest BCUT2D eigenvalue weighted by atomic mass is 10.2. The minimum Gasteiger partial charge on any atom is -0.395 e. The molecule has 2 aromatic heterocycles. The molecule has 0 fully saturated rings. The van der Waals surface area contributed by atoms with Gasteiger partial charge in [-0.25, -0.2) is 13.1 Å². The Bertz CT molecular complexity index is 1390. The van der Waals surface area contributed by atoms with Gasteiger partial charge in [-0.05, 0) is 48.5 Å². The van der Waals surface area contributed by atoms with E-state index in [-0.39, 0.29) is 24.0 Å². The van der Waals surface area contributed by atoms with Gasteiger partial charge in [-0.2, -0.15) is 28.2 Å². The number of aromatic amines is 1. The Hall–Kier alpha value is -3.75. The summed E-state index contributed by atoms with van der Waals surface area (Å²) in [7, 11) is -3.75. The van der Waals surface area contributed by atoms with Gasteiger partial charge in [0.1, 0.15) is 5.82 Å². The molecule has 0 radical (unpaired) electrons. The van der Waals surface area contributed by atoms with Crippen LogP contribution in [-0.4, -0.2) is 46.8 Å². The van der Waals surface area contributed by atoms with E-state index in [9.17, 15) is 21.6 Å². The molecule has 0 saturated carbocycles. The molecule has 10 nitrogen and oxygen atoms in total. The van der Waals surface area contributed by atoms with Crippen LogP contribution in [-0.2, 0) is 16.2 Å². The quantitative estimate of drug-likeness (QED) is 0.252. The van der Waals surface area contributed by atoms with Crippen molar-refractivity contribution in [1.82, 2.24) is 24.9 Å². The van der Waals surface area contributed by atoms with E-state index in [1.807, 2.05) is 0 Å². The summed E-state index contributed by atoms with van der Waals surface area (Å²) in [5.41, 5.74) is 0.471. The third kappa shape index (κ3) is 5.24. The predicted molar refractivity (Wildman–Crippen MR) is 118 cm³/mol. The normalized spacial score (nSPS) is 12.1. The lowest BCUT2D eigenvalue weighted by Crippen LogP contribution is -2.26. The number of rotatable bonds is 8. The molecule has 0 saturated heterocycles. The second-order valence-electron chi connectivity index (χ2n) is 7.00. The van der Waals surface area contributed by atoms with Crippen molar-refractivity contribution in [2.75, 3.05) is 23.8 Å². The van der Waals surface area contributed by atoms with Crippen LogP contribution in [0.15, 0.2) is 59.6 Å². The lowest BCUT2D eigenvalue weighted by molar-refractivity contribution is -0.137. The highest BCUT2D eigenvalue weighted by Crippen LogP contribution is 2.31. The average molecular weight is 493 g/mol. The number of H-pyrrole nitrogens is 1. The topological polar surface area (TPSA) is 145 Å². The number of aliphatic hydroxyl groups is 1. The number of halogens is 3. The van der Waals surface area contributed by atoms with Crippen molar-refractivity contribution in [2.45, 2.75) is 11.1 Å². The average Bonchev–Trinajstić information content (AvgIpc) is 3.27. The van der Waals surface area contributed by atoms with Crippen LogP contribution in [0.3, 0.4) is 0 Å². The summed E-state index contributed by atoms with van der Waals surface area (Å²) in [6.07, 6.45) is -2.96. The number of hydrogen-bond donors (Lipinski definition) is 5. The summed E-state index contributed by atoms with van der Waals surface area (Å²) in [5, 5.41) is 21.9. The zero-order valence-corrected chi connectivity index (χ0v) is 18.1. The third-order valence-corrected chi connectivity index (χ3v) is 6.09. The fourth-order valence-corrected chi connectivity index (χ4v) is 4.00. The summed E-state index contributed by atoms with van der Waals surface area (Å²) in [4.78, 5) is 8.69. The van der Waals surface area contributed by atoms with Gasteiger partial charge < -0.3 is 15.7 Å². The largest absolute Gasteiger partial charge is 0.416 e. The zero-order valence-electron chi connectivity index (χ0n) is 17.3. The number of aliphatic hydroxyl groups excluding tert-OH is 1. The minimum absolute atomic E-state index is 0.0149. The molecule has 0 aliphatic carbocycles. The van der Waals surface area contributed by atoms with Crippen LogP contribution in [0.4, 0.5) is 36.3 Å². The SMILES string of the molecule is O=S(=O)(NCCO)c1ccc(Nc2nc(Nc3ccc(C(F)(F)F)cc3)c3cn[nH]c3n2)cc1. The molecule has 5 N–H and O–H groups in total. The first kappa shape index (κ1) is 23.4. The standard InChI is InChI=1S/C20H18F3N7O3S/c21-20(22,23)12-1-3-13(4-2-12)26-17-16-11-24-30-18(16)29-19(28-17)27-14-5-7-15(8-6-14)34(32,33)25-9-10-31/h1-8,11,25,31H,9-10H2,(H3,24,26,27,28,29,30). The Morgan fingerprint density at radius 2 is 1.59 bits per heavy atom. The third-order valence-electron chi connectivity index (χ3n) is 4.61. The number of benzene rings is 2. The fraction of sp³-hybridized carbons (Fsp3) is 0.150. The van der Waals surface area contributed by atoms with Gasteiger partial charge in [-0.1, -0.05) is 0 Å². The van der Waals surface area contributed by atoms with Gasteiger partial charge >= 0.3 is 6.18 Å². The number of hydrogen-bond acceptors (Lipinski definition) is 8. The van der Waals surface area contributed by atoms with Gasteiger partial charge in [-0.15, -0.1) is 0 Å². The number of nitrogens with zero attached hydrogens (tertiary/aromatic N) is 3. The summed E-state index contributed by atoms with van der Waals surface area (Å²) in [5.74, 6) is 0.439. The highest BCUT2D eigenvalue weighted by Gasteiger charge is 2.30. The molecular formula is C20H18F3N7O3S. The van der Waals surface area contributed by atoms with Crippen molar-refractivity contribution in [2.24, 2.45) is 0 Å². The Kier molecular flexibility index (Phi) is 6.37. The maximum Gasteiger partial charge on any atom is 0.416 e. The highest BCUT2D eigenvalue weighted by molar-refractivity contribution is 7.89. The molecule has 0 aliphatic heterocycles. The van der Waals surface area contributed by atoms with Gasteiger partial charge in [0.05, 0.1) is 28.6 Å². The number of sulfonamides is 1. The maximum absolute atomic E-state index is 12.8. The van der Waals surface area contributed by atoms with Crippen LogP contribution in [0.25, 0.3) is 11.0 Å². The molecule has 0 atom stereocenters. The van der Waals surface area contributed by atoms with Crippen LogP contribution in [0.1, 0.15) is 5.56 Å². The van der Waals surface area contributed by atoms with Crippen LogP contribution < -0.4 is 15.4 Å². The molecule has 2 aromatic carbocycles. The second kappa shape index (κ2) is 9.24. The van der Waals surface area contributed by atoms with Crippen LogP contribution in [0.5, 0.6) is 0 Å². The Balaban J connectivity index is 1.56. The Morgan fingerprint density at radius 3 is 2.24 bits per heavy atom. The van der Waals surface area contributed by atoms with E-state index >= 15 is 0 Å². The number of aromatic nitrogens is 4. The first-order chi connectivity index (χ1) is 16.2. The number of fused-ring (bicyclic) bond motifs is 1. The van der Waals surface area contributed by atoms with Crippen molar-refractivity contribution in [1.29, 1.82) is 0 Å². The lowest BCUT2D eigenvalue weighted by Gasteiger charge is -2.12. The van der Waals surface area contributed by atoms with Crippen molar-refractivity contribution in [3.05, 3.63) is 60.3 Å². The number of nitrogens with one attached hydrogen (secondary N) is 4. The molecule has 0 aliphatic rings. The van der Waals surface area contributed by atoms with Crippen LogP contribution >= 0.6 is 0 Å². The smallest absolute Gasteiger partial charge is 0.395 e. The maximum atomic E-state index is 12.8. The predicted octanol–water partition coefficient (Wildman–Crippen LogP) is 3.13. The molecule has 0 amide bonds. The van der Waals surface area contributed by atoms with E-state index in [2.05, 4.69) is 35.5 Å². The van der Waals surface area contributed by atoms with Crippen LogP contribution in [0.2, 0.25) is 0 Å². The van der Waals surface area contributed by atoms with Crippen molar-refractivity contribution < 1.29 is 26.7 Å². The van der Waals surface area contributed by atoms with E-state index in [0.717, 1.165) is 12.1 Å². The van der Waals surface area contributed by atoms with E-state index < -0.39 is 21.8 Å². The van der Waals surface area contributed by atoms with E-state index in [1.165, 1.54) is 42.6 Å². The first-order valence-corrected chi connectivity index (χ1v) is 11.3. The molecule has 0 spiro atoms. The van der Waals surface area contributed by atoms with E-state index in [1.54, 1.807) is 0 Å². The molecule has 14 heteroatoms. The number of alkyl halides is 3. The summed E-state index contributed by atoms with van der Waals surface area (Å²) < 4.78 is 64.9. The first-order valence-electron chi connectivity index (χ1n) is 9.79. The summed E-state index contributed by atoms with van der Waals surface area (Å²) in [6, 6.07) is 10.3. The fourth-order valence-electron chi connectivity index (χ4n) is 2.98. The molecule has 4 rings (SSSR count). The molecule has 178 valence electrons. The monoisotopic (exact) mass is 493 g/mol. The molecular weight excluding hydrogens is 475 g/mol. The van der Waals surface area contributed by atoms with Crippen molar-refractivity contribution in [3.63, 3.8) is 0 Å². The van der Waals surface area contributed by atoms with Crippen molar-refractivity contribution in [3.8, 4) is 0 Å². The van der Waals surface area contributed by atoms with Gasteiger partial charge in [0.15, 0.2) is 5.65 Å². The molecule has 0 unspecified atom stereocenters. The van der Waals surface area contributed by atoms with Crippen LogP contribution in [0, 0.1) is 0 Å². The van der Waals surface area contributed by atoms with E-state index in [4.69, 9.17) is 5.11 Å². The minimum atomic E-state index is -4.44. The molecule has 0 bridgehead atoms. The molecule has 2 heterocycles. The Morgan fingerprint density at radius 1 is 0.941 bits per heavy atom. The second-order valence-corrected chi connectivity index (χ2v) is 8.77. The van der Waals surface area contributed by atoms with Gasteiger partial charge in [0.2, 0.25) is 16.0 Å².